The van der Waals surface area contributed by atoms with Gasteiger partial charge in [0.15, 0.2) is 0 Å². The highest BCUT2D eigenvalue weighted by atomic mass is 79.9. The first-order chi connectivity index (χ1) is 4.22. The maximum Gasteiger partial charge on any atom is 0.0695 e. The van der Waals surface area contributed by atoms with E-state index in [1.54, 1.807) is 0 Å². The number of aliphatic hydroxyl groups is 2. The molecule has 0 rings (SSSR count). The van der Waals surface area contributed by atoms with Crippen molar-refractivity contribution in [2.24, 2.45) is 0 Å². The van der Waals surface area contributed by atoms with Crippen LogP contribution < -0.4 is 0 Å². The highest BCUT2D eigenvalue weighted by Crippen LogP contribution is 2.08. The average Bonchev–Trinajstić information content (AvgIpc) is 1.87. The molecule has 4 heteroatoms. The van der Waals surface area contributed by atoms with Gasteiger partial charge in [-0.15, -0.1) is 0 Å². The minimum atomic E-state index is -0.450. The molecular weight excluding hydrogens is 252 g/mol. The molecule has 56 valence electrons. The third kappa shape index (κ3) is 4.31. The van der Waals surface area contributed by atoms with Gasteiger partial charge in [-0.25, -0.2) is 0 Å². The normalized spacial score (nSPS) is 17.3. The molecule has 0 aromatic carbocycles. The third-order valence-corrected chi connectivity index (χ3v) is 2.35. The lowest BCUT2D eigenvalue weighted by atomic mass is 10.2. The van der Waals surface area contributed by atoms with Crippen molar-refractivity contribution in [3.8, 4) is 0 Å². The summed E-state index contributed by atoms with van der Waals surface area (Å²) in [7, 11) is 0. The van der Waals surface area contributed by atoms with Crippen molar-refractivity contribution < 1.29 is 10.2 Å². The molecule has 0 aliphatic heterocycles. The monoisotopic (exact) mass is 260 g/mol. The van der Waals surface area contributed by atoms with Gasteiger partial charge in [-0.1, -0.05) is 31.9 Å². The van der Waals surface area contributed by atoms with E-state index in [0.717, 1.165) is 5.33 Å². The van der Waals surface area contributed by atoms with Gasteiger partial charge in [0.2, 0.25) is 0 Å². The maximum atomic E-state index is 9.08. The molecule has 0 aromatic heterocycles. The molecule has 0 spiro atoms. The van der Waals surface area contributed by atoms with E-state index >= 15 is 0 Å². The minimum absolute atomic E-state index is 0.0197. The number of hydrogen-bond donors (Lipinski definition) is 2. The van der Waals surface area contributed by atoms with E-state index in [0.29, 0.717) is 6.42 Å². The Balaban J connectivity index is 3.32. The summed E-state index contributed by atoms with van der Waals surface area (Å²) in [5.74, 6) is 0. The fourth-order valence-corrected chi connectivity index (χ4v) is 1.15. The van der Waals surface area contributed by atoms with Crippen LogP contribution in [0.1, 0.15) is 6.42 Å². The summed E-state index contributed by atoms with van der Waals surface area (Å²) in [6, 6.07) is 0. The molecule has 0 fully saturated rings. The molecule has 0 amide bonds. The number of rotatable bonds is 4. The van der Waals surface area contributed by atoms with E-state index in [1.165, 1.54) is 0 Å². The van der Waals surface area contributed by atoms with Gasteiger partial charge in [0.1, 0.15) is 0 Å². The molecular formula is C5H10Br2O2. The second-order valence-electron chi connectivity index (χ2n) is 1.74. The van der Waals surface area contributed by atoms with Gasteiger partial charge in [-0.05, 0) is 6.42 Å². The first-order valence-corrected chi connectivity index (χ1v) is 4.75. The summed E-state index contributed by atoms with van der Waals surface area (Å²) >= 11 is 6.31. The van der Waals surface area contributed by atoms with E-state index in [1.807, 2.05) is 0 Å². The van der Waals surface area contributed by atoms with Crippen LogP contribution in [0.2, 0.25) is 0 Å². The molecule has 2 atom stereocenters. The molecule has 0 aromatic rings. The van der Waals surface area contributed by atoms with Crippen LogP contribution in [0.5, 0.6) is 0 Å². The zero-order valence-corrected chi connectivity index (χ0v) is 8.10. The van der Waals surface area contributed by atoms with Gasteiger partial charge < -0.3 is 10.2 Å². The summed E-state index contributed by atoms with van der Waals surface area (Å²) in [6.07, 6.45) is 0.214. The van der Waals surface area contributed by atoms with Gasteiger partial charge in [-0.2, -0.15) is 0 Å². The summed E-state index contributed by atoms with van der Waals surface area (Å²) < 4.78 is 0. The van der Waals surface area contributed by atoms with Crippen molar-refractivity contribution in [2.45, 2.75) is 17.4 Å². The highest BCUT2D eigenvalue weighted by Gasteiger charge is 2.12. The fraction of sp³-hybridized carbons (Fsp3) is 1.00. The van der Waals surface area contributed by atoms with Crippen molar-refractivity contribution in [1.29, 1.82) is 0 Å². The van der Waals surface area contributed by atoms with E-state index < -0.39 is 6.10 Å². The van der Waals surface area contributed by atoms with Crippen LogP contribution in [0.4, 0.5) is 0 Å². The Morgan fingerprint density at radius 3 is 2.33 bits per heavy atom. The molecule has 0 heterocycles. The van der Waals surface area contributed by atoms with Crippen LogP contribution in [-0.2, 0) is 0 Å². The average molecular weight is 262 g/mol. The van der Waals surface area contributed by atoms with Crippen molar-refractivity contribution in [2.75, 3.05) is 11.9 Å². The van der Waals surface area contributed by atoms with Gasteiger partial charge in [0, 0.05) is 5.33 Å². The molecule has 2 nitrogen and oxygen atoms in total. The van der Waals surface area contributed by atoms with Gasteiger partial charge in [0.25, 0.3) is 0 Å². The zero-order valence-electron chi connectivity index (χ0n) is 4.93. The molecule has 0 bridgehead atoms. The maximum absolute atomic E-state index is 9.08. The topological polar surface area (TPSA) is 40.5 Å². The summed E-state index contributed by atoms with van der Waals surface area (Å²) in [5, 5.41) is 18.4. The predicted octanol–water partition coefficient (Wildman–Crippen LogP) is 0.888. The first kappa shape index (κ1) is 9.88. The molecule has 0 saturated carbocycles. The van der Waals surface area contributed by atoms with Crippen LogP contribution in [0.25, 0.3) is 0 Å². The SMILES string of the molecule is OCC(Br)C(O)CCBr. The van der Waals surface area contributed by atoms with Crippen molar-refractivity contribution in [3.63, 3.8) is 0 Å². The quantitative estimate of drug-likeness (QED) is 0.738. The predicted molar refractivity (Wildman–Crippen MR) is 44.2 cm³/mol. The lowest BCUT2D eigenvalue weighted by Gasteiger charge is -2.12. The van der Waals surface area contributed by atoms with Crippen molar-refractivity contribution >= 4 is 31.9 Å². The Labute approximate surface area is 71.5 Å². The Bertz CT molecular complexity index is 70.0. The Kier molecular flexibility index (Phi) is 6.20. The molecule has 0 aliphatic rings. The lowest BCUT2D eigenvalue weighted by molar-refractivity contribution is 0.140. The van der Waals surface area contributed by atoms with Crippen LogP contribution in [0.3, 0.4) is 0 Å². The summed E-state index contributed by atoms with van der Waals surface area (Å²) in [4.78, 5) is -0.185. The highest BCUT2D eigenvalue weighted by molar-refractivity contribution is 9.09. The molecule has 9 heavy (non-hydrogen) atoms. The van der Waals surface area contributed by atoms with Gasteiger partial charge in [0.05, 0.1) is 17.5 Å². The van der Waals surface area contributed by atoms with Gasteiger partial charge >= 0.3 is 0 Å². The van der Waals surface area contributed by atoms with Crippen LogP contribution in [-0.4, -0.2) is 33.1 Å². The van der Waals surface area contributed by atoms with E-state index in [9.17, 15) is 0 Å². The number of halogens is 2. The minimum Gasteiger partial charge on any atom is -0.395 e. The van der Waals surface area contributed by atoms with Crippen molar-refractivity contribution in [1.82, 2.24) is 0 Å². The summed E-state index contributed by atoms with van der Waals surface area (Å²) in [6.45, 7) is -0.0197. The fourth-order valence-electron chi connectivity index (χ4n) is 0.414. The summed E-state index contributed by atoms with van der Waals surface area (Å²) in [5.41, 5.74) is 0. The number of hydrogen-bond acceptors (Lipinski definition) is 2. The van der Waals surface area contributed by atoms with Crippen LogP contribution >= 0.6 is 31.9 Å². The smallest absolute Gasteiger partial charge is 0.0695 e. The second kappa shape index (κ2) is 5.65. The molecule has 2 unspecified atom stereocenters. The van der Waals surface area contributed by atoms with Crippen LogP contribution in [0.15, 0.2) is 0 Å². The van der Waals surface area contributed by atoms with Gasteiger partial charge in [-0.3, -0.25) is 0 Å². The molecule has 0 saturated heterocycles. The Morgan fingerprint density at radius 2 is 2.00 bits per heavy atom. The zero-order chi connectivity index (χ0) is 7.28. The third-order valence-electron chi connectivity index (χ3n) is 0.997. The van der Waals surface area contributed by atoms with Crippen molar-refractivity contribution in [3.05, 3.63) is 0 Å². The number of aliphatic hydroxyl groups excluding tert-OH is 2. The molecule has 0 radical (unpaired) electrons. The first-order valence-electron chi connectivity index (χ1n) is 2.71. The molecule has 0 aliphatic carbocycles. The molecule has 2 N–H and O–H groups in total. The number of alkyl halides is 2. The van der Waals surface area contributed by atoms with Crippen LogP contribution in [0, 0.1) is 0 Å². The second-order valence-corrected chi connectivity index (χ2v) is 3.71. The largest absolute Gasteiger partial charge is 0.395 e. The Morgan fingerprint density at radius 1 is 1.44 bits per heavy atom. The Hall–Kier alpha value is 0.880. The standard InChI is InChI=1S/C5H10Br2O2/c6-2-1-5(9)4(7)3-8/h4-5,8-9H,1-3H2. The lowest BCUT2D eigenvalue weighted by Crippen LogP contribution is -2.23. The van der Waals surface area contributed by atoms with E-state index in [2.05, 4.69) is 31.9 Å². The van der Waals surface area contributed by atoms with E-state index in [4.69, 9.17) is 10.2 Å². The van der Waals surface area contributed by atoms with E-state index in [-0.39, 0.29) is 11.4 Å².